The van der Waals surface area contributed by atoms with Crippen molar-refractivity contribution in [3.8, 4) is 11.3 Å². The van der Waals surface area contributed by atoms with Gasteiger partial charge in [-0.05, 0) is 25.0 Å². The van der Waals surface area contributed by atoms with Gasteiger partial charge in [0.1, 0.15) is 5.82 Å². The van der Waals surface area contributed by atoms with Crippen LogP contribution >= 0.6 is 0 Å². The monoisotopic (exact) mass is 244 g/mol. The number of nitrogen functional groups attached to an aromatic ring is 1. The molecule has 1 unspecified atom stereocenters. The number of pyridine rings is 1. The Hall–Kier alpha value is -1.84. The van der Waals surface area contributed by atoms with Crippen molar-refractivity contribution in [2.75, 3.05) is 5.73 Å². The molecule has 4 nitrogen and oxygen atoms in total. The number of rotatable bonds is 5. The smallest absolute Gasteiger partial charge is 0.132 e. The quantitative estimate of drug-likeness (QED) is 0.878. The molecule has 1 atom stereocenters. The topological polar surface area (TPSA) is 56.7 Å². The lowest BCUT2D eigenvalue weighted by Gasteiger charge is -2.19. The average Bonchev–Trinajstić information content (AvgIpc) is 2.85. The molecule has 0 radical (unpaired) electrons. The fraction of sp³-hybridized carbons (Fsp3) is 0.429. The van der Waals surface area contributed by atoms with Crippen molar-refractivity contribution in [2.24, 2.45) is 0 Å². The minimum atomic E-state index is 0.479. The standard InChI is InChI=1S/C14H20N4/c1-3-6-11(4-2)18-10-16-9-13(18)12-7-5-8-17-14(12)15/h5,7-11H,3-4,6H2,1-2H3,(H2,15,17). The zero-order chi connectivity index (χ0) is 13.0. The molecule has 0 fully saturated rings. The molecule has 96 valence electrons. The van der Waals surface area contributed by atoms with Crippen LogP contribution in [0.2, 0.25) is 0 Å². The summed E-state index contributed by atoms with van der Waals surface area (Å²) in [4.78, 5) is 8.41. The highest BCUT2D eigenvalue weighted by Gasteiger charge is 2.14. The summed E-state index contributed by atoms with van der Waals surface area (Å²) >= 11 is 0. The van der Waals surface area contributed by atoms with Gasteiger partial charge in [-0.15, -0.1) is 0 Å². The average molecular weight is 244 g/mol. The van der Waals surface area contributed by atoms with Gasteiger partial charge in [0.2, 0.25) is 0 Å². The summed E-state index contributed by atoms with van der Waals surface area (Å²) in [5.74, 6) is 0.561. The van der Waals surface area contributed by atoms with Crippen LogP contribution in [-0.2, 0) is 0 Å². The van der Waals surface area contributed by atoms with Crippen molar-refractivity contribution in [3.63, 3.8) is 0 Å². The van der Waals surface area contributed by atoms with Crippen LogP contribution in [0, 0.1) is 0 Å². The lowest BCUT2D eigenvalue weighted by atomic mass is 10.1. The molecule has 0 spiro atoms. The number of aromatic nitrogens is 3. The SMILES string of the molecule is CCCC(CC)n1cncc1-c1cccnc1N. The third kappa shape index (κ3) is 2.37. The molecule has 2 aromatic rings. The molecule has 0 aliphatic heterocycles. The first-order valence-corrected chi connectivity index (χ1v) is 6.50. The van der Waals surface area contributed by atoms with Gasteiger partial charge in [0.25, 0.3) is 0 Å². The summed E-state index contributed by atoms with van der Waals surface area (Å²) in [6, 6.07) is 4.38. The van der Waals surface area contributed by atoms with E-state index in [-0.39, 0.29) is 0 Å². The van der Waals surface area contributed by atoms with Gasteiger partial charge in [-0.1, -0.05) is 20.3 Å². The predicted molar refractivity (Wildman–Crippen MR) is 74.1 cm³/mol. The zero-order valence-electron chi connectivity index (χ0n) is 11.0. The van der Waals surface area contributed by atoms with Crippen molar-refractivity contribution < 1.29 is 0 Å². The largest absolute Gasteiger partial charge is 0.383 e. The third-order valence-corrected chi connectivity index (χ3v) is 3.27. The fourth-order valence-corrected chi connectivity index (χ4v) is 2.31. The summed E-state index contributed by atoms with van der Waals surface area (Å²) < 4.78 is 2.22. The molecule has 0 aliphatic rings. The van der Waals surface area contributed by atoms with E-state index < -0.39 is 0 Å². The van der Waals surface area contributed by atoms with Crippen molar-refractivity contribution in [3.05, 3.63) is 30.9 Å². The molecule has 2 aromatic heterocycles. The van der Waals surface area contributed by atoms with Crippen molar-refractivity contribution in [1.29, 1.82) is 0 Å². The maximum Gasteiger partial charge on any atom is 0.132 e. The lowest BCUT2D eigenvalue weighted by Crippen LogP contribution is -2.09. The van der Waals surface area contributed by atoms with Crippen LogP contribution in [0.1, 0.15) is 39.2 Å². The van der Waals surface area contributed by atoms with E-state index in [0.717, 1.165) is 24.1 Å². The van der Waals surface area contributed by atoms with E-state index in [4.69, 9.17) is 5.73 Å². The Morgan fingerprint density at radius 3 is 2.89 bits per heavy atom. The van der Waals surface area contributed by atoms with Crippen molar-refractivity contribution >= 4 is 5.82 Å². The van der Waals surface area contributed by atoms with Gasteiger partial charge in [-0.3, -0.25) is 0 Å². The molecular formula is C14H20N4. The van der Waals surface area contributed by atoms with E-state index in [0.29, 0.717) is 11.9 Å². The number of nitrogens with zero attached hydrogens (tertiary/aromatic N) is 3. The van der Waals surface area contributed by atoms with Gasteiger partial charge in [0.05, 0.1) is 18.2 Å². The van der Waals surface area contributed by atoms with Crippen LogP contribution in [0.5, 0.6) is 0 Å². The first-order chi connectivity index (χ1) is 8.77. The molecule has 4 heteroatoms. The molecule has 18 heavy (non-hydrogen) atoms. The number of nitrogens with two attached hydrogens (primary N) is 1. The van der Waals surface area contributed by atoms with Crippen molar-refractivity contribution in [1.82, 2.24) is 14.5 Å². The maximum absolute atomic E-state index is 5.94. The van der Waals surface area contributed by atoms with Crippen LogP contribution in [0.25, 0.3) is 11.3 Å². The highest BCUT2D eigenvalue weighted by molar-refractivity contribution is 5.70. The minimum absolute atomic E-state index is 0.479. The Morgan fingerprint density at radius 1 is 1.39 bits per heavy atom. The summed E-state index contributed by atoms with van der Waals surface area (Å²) in [6.45, 7) is 4.41. The Balaban J connectivity index is 2.41. The van der Waals surface area contributed by atoms with E-state index in [1.54, 1.807) is 6.20 Å². The van der Waals surface area contributed by atoms with Crippen LogP contribution in [-0.4, -0.2) is 14.5 Å². The van der Waals surface area contributed by atoms with E-state index >= 15 is 0 Å². The van der Waals surface area contributed by atoms with Crippen LogP contribution in [0.3, 0.4) is 0 Å². The molecule has 0 aromatic carbocycles. The zero-order valence-corrected chi connectivity index (χ0v) is 11.0. The lowest BCUT2D eigenvalue weighted by molar-refractivity contribution is 0.451. The Bertz CT molecular complexity index is 504. The van der Waals surface area contributed by atoms with E-state index in [2.05, 4.69) is 28.4 Å². The van der Waals surface area contributed by atoms with Gasteiger partial charge in [0.15, 0.2) is 0 Å². The van der Waals surface area contributed by atoms with Crippen molar-refractivity contribution in [2.45, 2.75) is 39.2 Å². The van der Waals surface area contributed by atoms with E-state index in [9.17, 15) is 0 Å². The number of imidazole rings is 1. The third-order valence-electron chi connectivity index (χ3n) is 3.27. The molecule has 0 aliphatic carbocycles. The molecule has 0 saturated heterocycles. The summed E-state index contributed by atoms with van der Waals surface area (Å²) in [5, 5.41) is 0. The molecule has 0 bridgehead atoms. The molecular weight excluding hydrogens is 224 g/mol. The Kier molecular flexibility index (Phi) is 3.97. The normalized spacial score (nSPS) is 12.6. The maximum atomic E-state index is 5.94. The second-order valence-corrected chi connectivity index (χ2v) is 4.47. The van der Waals surface area contributed by atoms with Crippen LogP contribution < -0.4 is 5.73 Å². The van der Waals surface area contributed by atoms with Gasteiger partial charge >= 0.3 is 0 Å². The Morgan fingerprint density at radius 2 is 2.22 bits per heavy atom. The predicted octanol–water partition coefficient (Wildman–Crippen LogP) is 3.28. The summed E-state index contributed by atoms with van der Waals surface area (Å²) in [5.41, 5.74) is 7.96. The molecule has 2 heterocycles. The van der Waals surface area contributed by atoms with Gasteiger partial charge < -0.3 is 10.3 Å². The highest BCUT2D eigenvalue weighted by atomic mass is 15.1. The van der Waals surface area contributed by atoms with Crippen LogP contribution in [0.4, 0.5) is 5.82 Å². The highest BCUT2D eigenvalue weighted by Crippen LogP contribution is 2.29. The molecule has 0 amide bonds. The Labute approximate surface area is 108 Å². The number of anilines is 1. The van der Waals surface area contributed by atoms with E-state index in [1.165, 1.54) is 6.42 Å². The minimum Gasteiger partial charge on any atom is -0.383 e. The van der Waals surface area contributed by atoms with Gasteiger partial charge in [-0.25, -0.2) is 9.97 Å². The summed E-state index contributed by atoms with van der Waals surface area (Å²) in [6.07, 6.45) is 8.89. The summed E-state index contributed by atoms with van der Waals surface area (Å²) in [7, 11) is 0. The van der Waals surface area contributed by atoms with Gasteiger partial charge in [0, 0.05) is 17.8 Å². The van der Waals surface area contributed by atoms with Crippen LogP contribution in [0.15, 0.2) is 30.9 Å². The van der Waals surface area contributed by atoms with Gasteiger partial charge in [-0.2, -0.15) is 0 Å². The van der Waals surface area contributed by atoms with E-state index in [1.807, 2.05) is 24.7 Å². The number of hydrogen-bond acceptors (Lipinski definition) is 3. The molecule has 0 saturated carbocycles. The molecule has 2 rings (SSSR count). The second-order valence-electron chi connectivity index (χ2n) is 4.47. The fourth-order valence-electron chi connectivity index (χ4n) is 2.31. The first kappa shape index (κ1) is 12.6. The number of hydrogen-bond donors (Lipinski definition) is 1. The molecule has 2 N–H and O–H groups in total. The first-order valence-electron chi connectivity index (χ1n) is 6.50. The second kappa shape index (κ2) is 5.67.